The lowest BCUT2D eigenvalue weighted by Gasteiger charge is -2.10. The van der Waals surface area contributed by atoms with Crippen molar-refractivity contribution >= 4 is 0 Å². The summed E-state index contributed by atoms with van der Waals surface area (Å²) in [4.78, 5) is 0. The Labute approximate surface area is 105 Å². The summed E-state index contributed by atoms with van der Waals surface area (Å²) in [7, 11) is 1.62. The average molecular weight is 261 g/mol. The van der Waals surface area contributed by atoms with Crippen LogP contribution in [0.5, 0.6) is 0 Å². The molecule has 0 radical (unpaired) electrons. The number of rotatable bonds is 7. The summed E-state index contributed by atoms with van der Waals surface area (Å²) in [6.45, 7) is 1.44. The maximum Gasteiger partial charge on any atom is 0.389 e. The largest absolute Gasteiger partial charge is 0.389 e. The van der Waals surface area contributed by atoms with Crippen LogP contribution in [0.3, 0.4) is 0 Å². The summed E-state index contributed by atoms with van der Waals surface area (Å²) in [5.74, 6) is 0. The molecule has 1 aromatic carbocycles. The molecule has 0 atom stereocenters. The molecule has 0 aliphatic carbocycles. The molecule has 0 aliphatic heterocycles. The van der Waals surface area contributed by atoms with Gasteiger partial charge in [-0.05, 0) is 24.1 Å². The number of methoxy groups -OCH3 is 1. The van der Waals surface area contributed by atoms with Gasteiger partial charge in [0, 0.05) is 20.1 Å². The van der Waals surface area contributed by atoms with Crippen LogP contribution in [0, 0.1) is 0 Å². The van der Waals surface area contributed by atoms with Crippen LogP contribution in [-0.2, 0) is 17.9 Å². The fourth-order valence-corrected chi connectivity index (χ4v) is 1.66. The van der Waals surface area contributed by atoms with Crippen LogP contribution < -0.4 is 5.32 Å². The maximum atomic E-state index is 11.9. The molecule has 0 heterocycles. The first-order valence-corrected chi connectivity index (χ1v) is 5.86. The highest BCUT2D eigenvalue weighted by Gasteiger charge is 2.25. The van der Waals surface area contributed by atoms with Gasteiger partial charge in [-0.25, -0.2) is 0 Å². The van der Waals surface area contributed by atoms with Crippen molar-refractivity contribution in [2.45, 2.75) is 32.2 Å². The first-order valence-electron chi connectivity index (χ1n) is 5.86. The minimum absolute atomic E-state index is 0.107. The summed E-state index contributed by atoms with van der Waals surface area (Å²) in [5, 5.41) is 3.02. The van der Waals surface area contributed by atoms with Crippen LogP contribution in [0.15, 0.2) is 24.3 Å². The average Bonchev–Trinajstić information content (AvgIpc) is 2.29. The Morgan fingerprint density at radius 3 is 2.44 bits per heavy atom. The molecular weight excluding hydrogens is 243 g/mol. The van der Waals surface area contributed by atoms with Crippen molar-refractivity contribution in [3.63, 3.8) is 0 Å². The zero-order chi connectivity index (χ0) is 13.4. The molecule has 1 rings (SSSR count). The lowest BCUT2D eigenvalue weighted by atomic mass is 10.1. The molecule has 0 amide bonds. The normalized spacial score (nSPS) is 11.8. The number of benzene rings is 1. The molecule has 5 heteroatoms. The van der Waals surface area contributed by atoms with Gasteiger partial charge in [0.1, 0.15) is 0 Å². The Morgan fingerprint density at radius 2 is 1.83 bits per heavy atom. The van der Waals surface area contributed by atoms with E-state index in [9.17, 15) is 13.2 Å². The predicted octanol–water partition coefficient (Wildman–Crippen LogP) is 3.27. The molecule has 1 aromatic rings. The third kappa shape index (κ3) is 6.02. The first kappa shape index (κ1) is 15.0. The first-order chi connectivity index (χ1) is 8.53. The minimum Gasteiger partial charge on any atom is -0.380 e. The van der Waals surface area contributed by atoms with E-state index in [1.807, 2.05) is 24.3 Å². The second kappa shape index (κ2) is 7.38. The van der Waals surface area contributed by atoms with Crippen LogP contribution in [0.1, 0.15) is 24.0 Å². The van der Waals surface area contributed by atoms with E-state index in [0.717, 1.165) is 11.1 Å². The van der Waals surface area contributed by atoms with Gasteiger partial charge in [0.15, 0.2) is 0 Å². The van der Waals surface area contributed by atoms with E-state index in [4.69, 9.17) is 4.74 Å². The molecule has 0 bridgehead atoms. The van der Waals surface area contributed by atoms with E-state index in [0.29, 0.717) is 19.7 Å². The van der Waals surface area contributed by atoms with Crippen molar-refractivity contribution in [1.82, 2.24) is 5.32 Å². The zero-order valence-electron chi connectivity index (χ0n) is 10.4. The second-order valence-corrected chi connectivity index (χ2v) is 4.10. The Hall–Kier alpha value is -1.07. The van der Waals surface area contributed by atoms with Crippen LogP contribution in [-0.4, -0.2) is 19.8 Å². The van der Waals surface area contributed by atoms with Crippen molar-refractivity contribution in [3.05, 3.63) is 35.4 Å². The molecule has 102 valence electrons. The molecule has 0 unspecified atom stereocenters. The molecular formula is C13H18F3NO. The number of hydrogen-bond donors (Lipinski definition) is 1. The Kier molecular flexibility index (Phi) is 6.15. The van der Waals surface area contributed by atoms with Gasteiger partial charge in [-0.1, -0.05) is 24.3 Å². The molecule has 1 N–H and O–H groups in total. The summed E-state index contributed by atoms with van der Waals surface area (Å²) < 4.78 is 40.8. The third-order valence-corrected chi connectivity index (χ3v) is 2.55. The van der Waals surface area contributed by atoms with Gasteiger partial charge >= 0.3 is 6.18 Å². The molecule has 18 heavy (non-hydrogen) atoms. The molecule has 0 aromatic heterocycles. The van der Waals surface area contributed by atoms with E-state index in [1.54, 1.807) is 7.11 Å². The summed E-state index contributed by atoms with van der Waals surface area (Å²) >= 11 is 0. The van der Waals surface area contributed by atoms with Gasteiger partial charge in [-0.2, -0.15) is 13.2 Å². The highest BCUT2D eigenvalue weighted by Crippen LogP contribution is 2.20. The molecule has 0 saturated heterocycles. The summed E-state index contributed by atoms with van der Waals surface area (Å²) in [6.07, 6.45) is -4.69. The van der Waals surface area contributed by atoms with E-state index in [-0.39, 0.29) is 6.42 Å². The molecule has 0 spiro atoms. The summed E-state index contributed by atoms with van der Waals surface area (Å²) in [5.41, 5.74) is 2.12. The van der Waals surface area contributed by atoms with Gasteiger partial charge < -0.3 is 10.1 Å². The van der Waals surface area contributed by atoms with Crippen LogP contribution in [0.25, 0.3) is 0 Å². The topological polar surface area (TPSA) is 21.3 Å². The van der Waals surface area contributed by atoms with Gasteiger partial charge in [0.05, 0.1) is 6.61 Å². The predicted molar refractivity (Wildman–Crippen MR) is 64.2 cm³/mol. The molecule has 0 fully saturated rings. The van der Waals surface area contributed by atoms with E-state index in [1.165, 1.54) is 0 Å². The summed E-state index contributed by atoms with van der Waals surface area (Å²) in [6, 6.07) is 7.73. The quantitative estimate of drug-likeness (QED) is 0.761. The van der Waals surface area contributed by atoms with E-state index >= 15 is 0 Å². The SMILES string of the molecule is COCc1ccccc1CNCCCC(F)(F)F. The van der Waals surface area contributed by atoms with Crippen LogP contribution in [0.2, 0.25) is 0 Å². The Morgan fingerprint density at radius 1 is 1.17 bits per heavy atom. The minimum atomic E-state index is -4.06. The van der Waals surface area contributed by atoms with E-state index < -0.39 is 12.6 Å². The van der Waals surface area contributed by atoms with Gasteiger partial charge in [0.25, 0.3) is 0 Å². The zero-order valence-corrected chi connectivity index (χ0v) is 10.4. The smallest absolute Gasteiger partial charge is 0.380 e. The van der Waals surface area contributed by atoms with Crippen LogP contribution in [0.4, 0.5) is 13.2 Å². The lowest BCUT2D eigenvalue weighted by molar-refractivity contribution is -0.135. The number of halogens is 3. The molecule has 0 aliphatic rings. The fourth-order valence-electron chi connectivity index (χ4n) is 1.66. The number of nitrogens with one attached hydrogen (secondary N) is 1. The standard InChI is InChI=1S/C13H18F3NO/c1-18-10-12-6-3-2-5-11(12)9-17-8-4-7-13(14,15)16/h2-3,5-6,17H,4,7-10H2,1H3. The van der Waals surface area contributed by atoms with Crippen molar-refractivity contribution < 1.29 is 17.9 Å². The highest BCUT2D eigenvalue weighted by atomic mass is 19.4. The van der Waals surface area contributed by atoms with Crippen molar-refractivity contribution in [2.24, 2.45) is 0 Å². The fraction of sp³-hybridized carbons (Fsp3) is 0.538. The van der Waals surface area contributed by atoms with Crippen molar-refractivity contribution in [2.75, 3.05) is 13.7 Å². The second-order valence-electron chi connectivity index (χ2n) is 4.10. The van der Waals surface area contributed by atoms with Gasteiger partial charge in [-0.15, -0.1) is 0 Å². The third-order valence-electron chi connectivity index (χ3n) is 2.55. The number of alkyl halides is 3. The highest BCUT2D eigenvalue weighted by molar-refractivity contribution is 5.26. The van der Waals surface area contributed by atoms with Gasteiger partial charge in [0.2, 0.25) is 0 Å². The van der Waals surface area contributed by atoms with Gasteiger partial charge in [-0.3, -0.25) is 0 Å². The van der Waals surface area contributed by atoms with E-state index in [2.05, 4.69) is 5.32 Å². The Balaban J connectivity index is 2.31. The molecule has 2 nitrogen and oxygen atoms in total. The monoisotopic (exact) mass is 261 g/mol. The molecule has 0 saturated carbocycles. The number of hydrogen-bond acceptors (Lipinski definition) is 2. The lowest BCUT2D eigenvalue weighted by Crippen LogP contribution is -2.18. The Bertz CT molecular complexity index is 352. The van der Waals surface area contributed by atoms with Crippen LogP contribution >= 0.6 is 0 Å². The van der Waals surface area contributed by atoms with Crippen molar-refractivity contribution in [3.8, 4) is 0 Å². The van der Waals surface area contributed by atoms with Crippen molar-refractivity contribution in [1.29, 1.82) is 0 Å². The number of ether oxygens (including phenoxy) is 1. The maximum absolute atomic E-state index is 11.9.